The molecule has 3 aromatic rings. The molecule has 0 amide bonds. The summed E-state index contributed by atoms with van der Waals surface area (Å²) in [5.41, 5.74) is 4.48. The van der Waals surface area contributed by atoms with Crippen LogP contribution < -0.4 is 5.32 Å². The van der Waals surface area contributed by atoms with Crippen LogP contribution >= 0.6 is 0 Å². The maximum absolute atomic E-state index is 14.5. The van der Waals surface area contributed by atoms with Crippen LogP contribution in [0, 0.1) is 29.4 Å². The fourth-order valence-corrected chi connectivity index (χ4v) is 4.69. The molecule has 2 unspecified atom stereocenters. The van der Waals surface area contributed by atoms with Gasteiger partial charge in [-0.2, -0.15) is 0 Å². The highest BCUT2D eigenvalue weighted by Crippen LogP contribution is 2.36. The van der Waals surface area contributed by atoms with Crippen molar-refractivity contribution >= 4 is 0 Å². The molecule has 176 valence electrons. The van der Waals surface area contributed by atoms with Crippen LogP contribution in [-0.4, -0.2) is 4.98 Å². The van der Waals surface area contributed by atoms with E-state index in [2.05, 4.69) is 57.3 Å². The first kappa shape index (κ1) is 23.9. The Morgan fingerprint density at radius 1 is 0.853 bits per heavy atom. The van der Waals surface area contributed by atoms with E-state index in [0.717, 1.165) is 17.7 Å². The molecule has 34 heavy (non-hydrogen) atoms. The smallest absolute Gasteiger partial charge is 0.135 e. The molecular weight excluding hydrogens is 426 g/mol. The highest BCUT2D eigenvalue weighted by molar-refractivity contribution is 5.61. The van der Waals surface area contributed by atoms with Gasteiger partial charge in [0, 0.05) is 11.6 Å². The Bertz CT molecular complexity index is 1180. The van der Waals surface area contributed by atoms with E-state index in [1.165, 1.54) is 29.5 Å². The van der Waals surface area contributed by atoms with E-state index in [0.29, 0.717) is 17.8 Å². The summed E-state index contributed by atoms with van der Waals surface area (Å²) < 4.78 is 29.1. The maximum Gasteiger partial charge on any atom is 0.135 e. The van der Waals surface area contributed by atoms with Crippen molar-refractivity contribution in [1.29, 1.82) is 0 Å². The van der Waals surface area contributed by atoms with Gasteiger partial charge in [-0.05, 0) is 53.7 Å². The minimum atomic E-state index is -0.615. The second-order valence-corrected chi connectivity index (χ2v) is 9.54. The molecule has 0 bridgehead atoms. The van der Waals surface area contributed by atoms with E-state index >= 15 is 0 Å². The van der Waals surface area contributed by atoms with Crippen molar-refractivity contribution in [1.82, 2.24) is 10.3 Å². The van der Waals surface area contributed by atoms with Crippen LogP contribution in [0.4, 0.5) is 8.78 Å². The number of nitrogens with zero attached hydrogens (tertiary/aromatic N) is 1. The lowest BCUT2D eigenvalue weighted by Crippen LogP contribution is -2.32. The molecule has 0 saturated heterocycles. The van der Waals surface area contributed by atoms with Crippen LogP contribution in [0.1, 0.15) is 51.4 Å². The van der Waals surface area contributed by atoms with Crippen molar-refractivity contribution in [3.63, 3.8) is 0 Å². The molecular formula is C30H32F2N2. The van der Waals surface area contributed by atoms with Gasteiger partial charge in [0.1, 0.15) is 11.6 Å². The lowest BCUT2D eigenvalue weighted by Gasteiger charge is -2.34. The van der Waals surface area contributed by atoms with Crippen molar-refractivity contribution < 1.29 is 8.78 Å². The Kier molecular flexibility index (Phi) is 7.26. The Labute approximate surface area is 201 Å². The molecule has 0 saturated carbocycles. The summed E-state index contributed by atoms with van der Waals surface area (Å²) in [6, 6.07) is 19.2. The van der Waals surface area contributed by atoms with E-state index < -0.39 is 11.6 Å². The average Bonchev–Trinajstić information content (AvgIpc) is 2.83. The average molecular weight is 459 g/mol. The van der Waals surface area contributed by atoms with Crippen LogP contribution in [0.2, 0.25) is 0 Å². The van der Waals surface area contributed by atoms with Gasteiger partial charge in [-0.1, -0.05) is 82.3 Å². The van der Waals surface area contributed by atoms with E-state index in [9.17, 15) is 8.78 Å². The zero-order valence-corrected chi connectivity index (χ0v) is 20.2. The number of hydrogen-bond donors (Lipinski definition) is 1. The van der Waals surface area contributed by atoms with Gasteiger partial charge in [0.25, 0.3) is 0 Å². The van der Waals surface area contributed by atoms with E-state index in [-0.39, 0.29) is 17.3 Å². The Morgan fingerprint density at radius 2 is 1.53 bits per heavy atom. The minimum absolute atomic E-state index is 0.0982. The number of halogens is 2. The lowest BCUT2D eigenvalue weighted by molar-refractivity contribution is 0.400. The van der Waals surface area contributed by atoms with Gasteiger partial charge in [-0.3, -0.25) is 4.98 Å². The van der Waals surface area contributed by atoms with Gasteiger partial charge in [0.15, 0.2) is 0 Å². The highest BCUT2D eigenvalue weighted by atomic mass is 19.1. The molecule has 1 aliphatic carbocycles. The van der Waals surface area contributed by atoms with Gasteiger partial charge in [0.05, 0.1) is 23.0 Å². The van der Waals surface area contributed by atoms with Crippen LogP contribution in [0.25, 0.3) is 11.3 Å². The molecule has 0 radical (unpaired) electrons. The molecule has 1 aromatic heterocycles. The molecule has 0 fully saturated rings. The standard InChI is InChI=1S/C30H32F2N2/c1-19(2)22-13-8-14-23(20(3)4)30(22)34-29(21-11-6-5-7-12-21)27-18-10-17-26(33-27)28-24(31)15-9-16-25(28)32/h5-13,15-20,23,29,34H,14H2,1-4H3. The number of rotatable bonds is 7. The van der Waals surface area contributed by atoms with Crippen LogP contribution in [-0.2, 0) is 0 Å². The molecule has 2 atom stereocenters. The normalized spacial score (nSPS) is 16.9. The summed E-state index contributed by atoms with van der Waals surface area (Å²) in [4.78, 5) is 4.76. The number of pyridine rings is 1. The van der Waals surface area contributed by atoms with Crippen LogP contribution in [0.15, 0.2) is 90.2 Å². The Hall–Kier alpha value is -3.27. The minimum Gasteiger partial charge on any atom is -0.376 e. The third-order valence-corrected chi connectivity index (χ3v) is 6.51. The first-order chi connectivity index (χ1) is 16.4. The number of hydrogen-bond acceptors (Lipinski definition) is 2. The van der Waals surface area contributed by atoms with Crippen molar-refractivity contribution in [3.8, 4) is 11.3 Å². The number of nitrogens with one attached hydrogen (secondary N) is 1. The predicted molar refractivity (Wildman–Crippen MR) is 135 cm³/mol. The molecule has 4 rings (SSSR count). The van der Waals surface area contributed by atoms with Gasteiger partial charge >= 0.3 is 0 Å². The summed E-state index contributed by atoms with van der Waals surface area (Å²) in [7, 11) is 0. The fourth-order valence-electron chi connectivity index (χ4n) is 4.69. The van der Waals surface area contributed by atoms with Crippen LogP contribution in [0.3, 0.4) is 0 Å². The second kappa shape index (κ2) is 10.3. The van der Waals surface area contributed by atoms with Crippen molar-refractivity contribution in [2.45, 2.75) is 40.2 Å². The summed E-state index contributed by atoms with van der Waals surface area (Å²) in [5, 5.41) is 3.84. The summed E-state index contributed by atoms with van der Waals surface area (Å²) in [5.74, 6) is -0.0410. The Balaban J connectivity index is 1.84. The molecule has 1 heterocycles. The summed E-state index contributed by atoms with van der Waals surface area (Å²) in [6.07, 6.45) is 5.47. The maximum atomic E-state index is 14.5. The highest BCUT2D eigenvalue weighted by Gasteiger charge is 2.28. The fraction of sp³-hybridized carbons (Fsp3) is 0.300. The number of aromatic nitrogens is 1. The zero-order chi connectivity index (χ0) is 24.2. The van der Waals surface area contributed by atoms with E-state index in [1.807, 2.05) is 30.3 Å². The third-order valence-electron chi connectivity index (χ3n) is 6.51. The first-order valence-electron chi connectivity index (χ1n) is 12.0. The molecule has 2 nitrogen and oxygen atoms in total. The molecule has 1 N–H and O–H groups in total. The topological polar surface area (TPSA) is 24.9 Å². The van der Waals surface area contributed by atoms with Crippen molar-refractivity contribution in [2.24, 2.45) is 17.8 Å². The predicted octanol–water partition coefficient (Wildman–Crippen LogP) is 7.85. The van der Waals surface area contributed by atoms with Gasteiger partial charge in [-0.15, -0.1) is 0 Å². The van der Waals surface area contributed by atoms with Gasteiger partial charge < -0.3 is 5.32 Å². The monoisotopic (exact) mass is 458 g/mol. The van der Waals surface area contributed by atoms with Gasteiger partial charge in [-0.25, -0.2) is 8.78 Å². The number of benzene rings is 2. The molecule has 2 aromatic carbocycles. The molecule has 4 heteroatoms. The molecule has 0 spiro atoms. The van der Waals surface area contributed by atoms with Crippen molar-refractivity contribution in [2.75, 3.05) is 0 Å². The van der Waals surface area contributed by atoms with Gasteiger partial charge in [0.2, 0.25) is 0 Å². The SMILES string of the molecule is CC(C)C1=C(NC(c2ccccc2)c2cccc(-c3c(F)cccc3F)n2)C(C(C)C)CC=C1. The van der Waals surface area contributed by atoms with E-state index in [4.69, 9.17) is 4.98 Å². The van der Waals surface area contributed by atoms with Crippen molar-refractivity contribution in [3.05, 3.63) is 113 Å². The molecule has 0 aliphatic heterocycles. The largest absolute Gasteiger partial charge is 0.376 e. The first-order valence-corrected chi connectivity index (χ1v) is 12.0. The summed E-state index contributed by atoms with van der Waals surface area (Å²) >= 11 is 0. The zero-order valence-electron chi connectivity index (χ0n) is 20.2. The quantitative estimate of drug-likeness (QED) is 0.390. The lowest BCUT2D eigenvalue weighted by atomic mass is 9.80. The molecule has 1 aliphatic rings. The van der Waals surface area contributed by atoms with Crippen LogP contribution in [0.5, 0.6) is 0 Å². The Morgan fingerprint density at radius 3 is 2.18 bits per heavy atom. The third kappa shape index (κ3) is 4.96. The summed E-state index contributed by atoms with van der Waals surface area (Å²) in [6.45, 7) is 8.92. The second-order valence-electron chi connectivity index (χ2n) is 9.54. The number of allylic oxidation sites excluding steroid dienone is 4. The van der Waals surface area contributed by atoms with E-state index in [1.54, 1.807) is 6.07 Å².